The molecule has 0 aliphatic carbocycles. The number of rotatable bonds is 5. The number of hydrogen-bond acceptors (Lipinski definition) is 3. The van der Waals surface area contributed by atoms with Crippen LogP contribution in [-0.4, -0.2) is 11.6 Å². The summed E-state index contributed by atoms with van der Waals surface area (Å²) < 4.78 is 11.2. The van der Waals surface area contributed by atoms with Crippen molar-refractivity contribution in [2.45, 2.75) is 12.8 Å². The fourth-order valence-corrected chi connectivity index (χ4v) is 1.90. The summed E-state index contributed by atoms with van der Waals surface area (Å²) in [5.74, 6) is 1.94. The molecule has 100 valence electrons. The molecule has 2 aromatic rings. The van der Waals surface area contributed by atoms with Crippen LogP contribution in [0.5, 0.6) is 17.4 Å². The molecule has 0 aliphatic heterocycles. The summed E-state index contributed by atoms with van der Waals surface area (Å²) in [4.78, 5) is 4.15. The Labute approximate surface area is 122 Å². The predicted octanol–water partition coefficient (Wildman–Crippen LogP) is 4.66. The molecule has 0 bridgehead atoms. The lowest BCUT2D eigenvalue weighted by molar-refractivity contribution is 0.319. The maximum atomic E-state index is 6.10. The summed E-state index contributed by atoms with van der Waals surface area (Å²) in [5.41, 5.74) is 0.845. The van der Waals surface area contributed by atoms with Crippen molar-refractivity contribution >= 4 is 23.2 Å². The van der Waals surface area contributed by atoms with Crippen molar-refractivity contribution in [1.29, 1.82) is 0 Å². The minimum Gasteiger partial charge on any atom is -0.490 e. The molecule has 5 heteroatoms. The summed E-state index contributed by atoms with van der Waals surface area (Å²) >= 11 is 11.8. The van der Waals surface area contributed by atoms with E-state index in [1.807, 2.05) is 25.1 Å². The molecule has 1 aromatic carbocycles. The van der Waals surface area contributed by atoms with E-state index in [4.69, 9.17) is 32.7 Å². The highest BCUT2D eigenvalue weighted by molar-refractivity contribution is 6.32. The molecule has 3 nitrogen and oxygen atoms in total. The Kier molecular flexibility index (Phi) is 4.88. The Morgan fingerprint density at radius 2 is 1.95 bits per heavy atom. The molecule has 0 unspecified atom stereocenters. The van der Waals surface area contributed by atoms with Crippen LogP contribution in [0.4, 0.5) is 0 Å². The number of pyridine rings is 1. The van der Waals surface area contributed by atoms with Gasteiger partial charge in [0.2, 0.25) is 5.88 Å². The number of ether oxygens (including phenoxy) is 2. The van der Waals surface area contributed by atoms with Gasteiger partial charge >= 0.3 is 0 Å². The number of para-hydroxylation sites is 2. The lowest BCUT2D eigenvalue weighted by Crippen LogP contribution is -1.96. The average molecular weight is 298 g/mol. The predicted molar refractivity (Wildman–Crippen MR) is 76.5 cm³/mol. The highest BCUT2D eigenvalue weighted by atomic mass is 35.5. The van der Waals surface area contributed by atoms with Crippen molar-refractivity contribution in [3.8, 4) is 17.4 Å². The molecule has 0 fully saturated rings. The van der Waals surface area contributed by atoms with Crippen LogP contribution in [0.2, 0.25) is 5.02 Å². The second-order valence-electron chi connectivity index (χ2n) is 3.75. The second-order valence-corrected chi connectivity index (χ2v) is 4.42. The fourth-order valence-electron chi connectivity index (χ4n) is 1.53. The van der Waals surface area contributed by atoms with Crippen LogP contribution in [0.25, 0.3) is 0 Å². The van der Waals surface area contributed by atoms with Gasteiger partial charge in [-0.3, -0.25) is 0 Å². The van der Waals surface area contributed by atoms with Gasteiger partial charge in [-0.25, -0.2) is 4.98 Å². The van der Waals surface area contributed by atoms with E-state index in [0.29, 0.717) is 34.9 Å². The van der Waals surface area contributed by atoms with Crippen LogP contribution in [0, 0.1) is 0 Å². The summed E-state index contributed by atoms with van der Waals surface area (Å²) in [7, 11) is 0. The van der Waals surface area contributed by atoms with Crippen LogP contribution in [0.1, 0.15) is 12.5 Å². The van der Waals surface area contributed by atoms with Crippen LogP contribution >= 0.6 is 23.2 Å². The van der Waals surface area contributed by atoms with E-state index in [0.717, 1.165) is 5.56 Å². The summed E-state index contributed by atoms with van der Waals surface area (Å²) in [5, 5.41) is 0.421. The maximum Gasteiger partial charge on any atom is 0.238 e. The van der Waals surface area contributed by atoms with E-state index in [-0.39, 0.29) is 0 Å². The molecule has 2 rings (SSSR count). The molecule has 19 heavy (non-hydrogen) atoms. The minimum absolute atomic E-state index is 0.336. The first-order valence-electron chi connectivity index (χ1n) is 5.84. The van der Waals surface area contributed by atoms with Gasteiger partial charge in [0.05, 0.1) is 6.61 Å². The molecule has 0 N–H and O–H groups in total. The third kappa shape index (κ3) is 3.52. The highest BCUT2D eigenvalue weighted by Gasteiger charge is 2.09. The highest BCUT2D eigenvalue weighted by Crippen LogP contribution is 2.33. The molecule has 0 radical (unpaired) electrons. The van der Waals surface area contributed by atoms with E-state index < -0.39 is 0 Å². The van der Waals surface area contributed by atoms with Crippen LogP contribution in [0.15, 0.2) is 36.5 Å². The van der Waals surface area contributed by atoms with Crippen molar-refractivity contribution in [3.63, 3.8) is 0 Å². The van der Waals surface area contributed by atoms with E-state index in [1.54, 1.807) is 18.3 Å². The molecule has 0 saturated carbocycles. The zero-order valence-corrected chi connectivity index (χ0v) is 11.9. The van der Waals surface area contributed by atoms with E-state index >= 15 is 0 Å². The summed E-state index contributed by atoms with van der Waals surface area (Å²) in [6.45, 7) is 2.48. The third-order valence-electron chi connectivity index (χ3n) is 2.37. The zero-order chi connectivity index (χ0) is 13.7. The number of nitrogens with zero attached hydrogens (tertiary/aromatic N) is 1. The molecule has 0 spiro atoms. The monoisotopic (exact) mass is 297 g/mol. The Bertz CT molecular complexity index is 561. The Balaban J connectivity index is 2.26. The van der Waals surface area contributed by atoms with Gasteiger partial charge in [0.25, 0.3) is 0 Å². The summed E-state index contributed by atoms with van der Waals surface area (Å²) in [6.07, 6.45) is 1.64. The molecular formula is C14H13Cl2NO2. The van der Waals surface area contributed by atoms with Crippen LogP contribution < -0.4 is 9.47 Å². The van der Waals surface area contributed by atoms with Crippen molar-refractivity contribution in [1.82, 2.24) is 4.98 Å². The van der Waals surface area contributed by atoms with E-state index in [1.165, 1.54) is 0 Å². The number of aromatic nitrogens is 1. The van der Waals surface area contributed by atoms with Crippen molar-refractivity contribution in [2.75, 3.05) is 6.61 Å². The number of benzene rings is 1. The van der Waals surface area contributed by atoms with Gasteiger partial charge in [-0.05, 0) is 30.7 Å². The largest absolute Gasteiger partial charge is 0.490 e. The first kappa shape index (κ1) is 14.0. The van der Waals surface area contributed by atoms with Crippen molar-refractivity contribution in [3.05, 3.63) is 47.1 Å². The standard InChI is InChI=1S/C14H13Cl2NO2/c1-2-18-12-5-3-4-6-13(12)19-14-11(16)7-10(8-15)9-17-14/h3-7,9H,2,8H2,1H3. The first-order valence-corrected chi connectivity index (χ1v) is 6.76. The van der Waals surface area contributed by atoms with E-state index in [2.05, 4.69) is 4.98 Å². The Morgan fingerprint density at radius 3 is 2.58 bits per heavy atom. The molecule has 0 aliphatic rings. The third-order valence-corrected chi connectivity index (χ3v) is 2.95. The van der Waals surface area contributed by atoms with Crippen molar-refractivity contribution < 1.29 is 9.47 Å². The number of halogens is 2. The fraction of sp³-hybridized carbons (Fsp3) is 0.214. The topological polar surface area (TPSA) is 31.4 Å². The Hall–Kier alpha value is -1.45. The van der Waals surface area contributed by atoms with Gasteiger partial charge in [-0.15, -0.1) is 11.6 Å². The van der Waals surface area contributed by atoms with Gasteiger partial charge in [0.15, 0.2) is 11.5 Å². The number of hydrogen-bond donors (Lipinski definition) is 0. The van der Waals surface area contributed by atoms with Gasteiger partial charge in [0.1, 0.15) is 5.02 Å². The number of alkyl halides is 1. The minimum atomic E-state index is 0.336. The van der Waals surface area contributed by atoms with Crippen molar-refractivity contribution in [2.24, 2.45) is 0 Å². The molecule has 0 saturated heterocycles. The lowest BCUT2D eigenvalue weighted by atomic mass is 10.3. The smallest absolute Gasteiger partial charge is 0.238 e. The van der Waals surface area contributed by atoms with Gasteiger partial charge < -0.3 is 9.47 Å². The quantitative estimate of drug-likeness (QED) is 0.752. The average Bonchev–Trinajstić information content (AvgIpc) is 2.43. The van der Waals surface area contributed by atoms with Crippen LogP contribution in [0.3, 0.4) is 0 Å². The molecular weight excluding hydrogens is 285 g/mol. The second kappa shape index (κ2) is 6.64. The molecule has 0 atom stereocenters. The summed E-state index contributed by atoms with van der Waals surface area (Å²) in [6, 6.07) is 9.11. The van der Waals surface area contributed by atoms with Crippen LogP contribution in [-0.2, 0) is 5.88 Å². The Morgan fingerprint density at radius 1 is 1.21 bits per heavy atom. The SMILES string of the molecule is CCOc1ccccc1Oc1ncc(CCl)cc1Cl. The molecule has 1 aromatic heterocycles. The lowest BCUT2D eigenvalue weighted by Gasteiger charge is -2.11. The zero-order valence-electron chi connectivity index (χ0n) is 10.4. The maximum absolute atomic E-state index is 6.10. The normalized spacial score (nSPS) is 10.3. The molecule has 0 amide bonds. The first-order chi connectivity index (χ1) is 9.24. The van der Waals surface area contributed by atoms with Gasteiger partial charge in [-0.1, -0.05) is 23.7 Å². The van der Waals surface area contributed by atoms with Gasteiger partial charge in [0, 0.05) is 12.1 Å². The molecule has 1 heterocycles. The van der Waals surface area contributed by atoms with E-state index in [9.17, 15) is 0 Å². The van der Waals surface area contributed by atoms with Gasteiger partial charge in [-0.2, -0.15) is 0 Å².